The van der Waals surface area contributed by atoms with Gasteiger partial charge in [0.25, 0.3) is 0 Å². The Bertz CT molecular complexity index is 489. The van der Waals surface area contributed by atoms with Gasteiger partial charge in [-0.3, -0.25) is 4.79 Å². The molecule has 0 saturated carbocycles. The summed E-state index contributed by atoms with van der Waals surface area (Å²) in [6, 6.07) is 7.85. The quantitative estimate of drug-likeness (QED) is 0.348. The Kier molecular flexibility index (Phi) is 11.2. The van der Waals surface area contributed by atoms with Crippen LogP contribution in [0.3, 0.4) is 0 Å². The van der Waals surface area contributed by atoms with Crippen molar-refractivity contribution in [2.75, 3.05) is 20.2 Å². The highest BCUT2D eigenvalue weighted by atomic mass is 127. The topological polar surface area (TPSA) is 74.8 Å². The normalized spacial score (nSPS) is 10.7. The summed E-state index contributed by atoms with van der Waals surface area (Å²) in [6.45, 7) is 7.37. The number of methoxy groups -OCH3 is 1. The molecule has 7 heteroatoms. The van der Waals surface area contributed by atoms with Gasteiger partial charge >= 0.3 is 0 Å². The zero-order valence-electron chi connectivity index (χ0n) is 14.2. The lowest BCUT2D eigenvalue weighted by molar-refractivity contribution is -0.119. The minimum atomic E-state index is -0.114. The molecular weight excluding hydrogens is 407 g/mol. The Morgan fingerprint density at radius 2 is 1.87 bits per heavy atom. The van der Waals surface area contributed by atoms with Crippen molar-refractivity contribution in [3.8, 4) is 5.75 Å². The van der Waals surface area contributed by atoms with E-state index in [4.69, 9.17) is 4.74 Å². The molecule has 1 rings (SSSR count). The summed E-state index contributed by atoms with van der Waals surface area (Å²) in [7, 11) is 1.63. The first-order chi connectivity index (χ1) is 10.5. The molecule has 0 fully saturated rings. The fraction of sp³-hybridized carbons (Fsp3) is 0.500. The summed E-state index contributed by atoms with van der Waals surface area (Å²) in [5, 5.41) is 9.11. The average Bonchev–Trinajstić information content (AvgIpc) is 2.51. The van der Waals surface area contributed by atoms with E-state index in [9.17, 15) is 4.79 Å². The monoisotopic (exact) mass is 434 g/mol. The molecule has 3 N–H and O–H groups in total. The molecule has 0 aromatic heterocycles. The highest BCUT2D eigenvalue weighted by molar-refractivity contribution is 14.0. The second-order valence-corrected chi connectivity index (χ2v) is 5.12. The van der Waals surface area contributed by atoms with Crippen molar-refractivity contribution in [3.05, 3.63) is 29.8 Å². The maximum atomic E-state index is 11.8. The van der Waals surface area contributed by atoms with E-state index in [2.05, 4.69) is 20.9 Å². The van der Waals surface area contributed by atoms with Crippen molar-refractivity contribution in [2.24, 2.45) is 4.99 Å². The molecule has 1 aromatic rings. The minimum absolute atomic E-state index is 0. The van der Waals surface area contributed by atoms with E-state index in [0.717, 1.165) is 17.9 Å². The van der Waals surface area contributed by atoms with Crippen molar-refractivity contribution in [3.63, 3.8) is 0 Å². The summed E-state index contributed by atoms with van der Waals surface area (Å²) in [5.41, 5.74) is 1.02. The molecule has 0 unspecified atom stereocenters. The molecule has 0 spiro atoms. The van der Waals surface area contributed by atoms with Crippen molar-refractivity contribution in [1.29, 1.82) is 0 Å². The van der Waals surface area contributed by atoms with Gasteiger partial charge in [-0.25, -0.2) is 4.99 Å². The predicted molar refractivity (Wildman–Crippen MR) is 105 cm³/mol. The third-order valence-corrected chi connectivity index (χ3v) is 2.80. The van der Waals surface area contributed by atoms with Crippen LogP contribution in [0.1, 0.15) is 26.3 Å². The first-order valence-corrected chi connectivity index (χ1v) is 7.49. The maximum absolute atomic E-state index is 11.8. The first-order valence-electron chi connectivity index (χ1n) is 7.49. The van der Waals surface area contributed by atoms with Crippen LogP contribution in [-0.2, 0) is 11.3 Å². The largest absolute Gasteiger partial charge is 0.497 e. The van der Waals surface area contributed by atoms with Crippen molar-refractivity contribution in [1.82, 2.24) is 16.0 Å². The number of ether oxygens (including phenoxy) is 1. The standard InChI is InChI=1S/C16H26N4O2.HI/c1-5-17-16(20-12(2)3)19-11-15(21)18-10-13-6-8-14(22-4)9-7-13;/h6-9,12H,5,10-11H2,1-4H3,(H,18,21)(H2,17,19,20);1H. The number of amides is 1. The molecule has 0 radical (unpaired) electrons. The smallest absolute Gasteiger partial charge is 0.242 e. The van der Waals surface area contributed by atoms with Gasteiger partial charge < -0.3 is 20.7 Å². The summed E-state index contributed by atoms with van der Waals surface area (Å²) >= 11 is 0. The number of hydrogen-bond acceptors (Lipinski definition) is 3. The number of rotatable bonds is 7. The molecule has 0 atom stereocenters. The average molecular weight is 434 g/mol. The SMILES string of the molecule is CCNC(=NCC(=O)NCc1ccc(OC)cc1)NC(C)C.I. The van der Waals surface area contributed by atoms with E-state index in [0.29, 0.717) is 12.5 Å². The first kappa shape index (κ1) is 21.5. The number of hydrogen-bond donors (Lipinski definition) is 3. The zero-order chi connectivity index (χ0) is 16.4. The van der Waals surface area contributed by atoms with Crippen LogP contribution < -0.4 is 20.7 Å². The van der Waals surface area contributed by atoms with Gasteiger partial charge in [0.2, 0.25) is 5.91 Å². The lowest BCUT2D eigenvalue weighted by Gasteiger charge is -2.13. The summed E-state index contributed by atoms with van der Waals surface area (Å²) in [4.78, 5) is 16.1. The summed E-state index contributed by atoms with van der Waals surface area (Å²) in [5.74, 6) is 1.34. The Balaban J connectivity index is 0.00000484. The van der Waals surface area contributed by atoms with Crippen LogP contribution in [0, 0.1) is 0 Å². The Morgan fingerprint density at radius 1 is 1.22 bits per heavy atom. The highest BCUT2D eigenvalue weighted by Gasteiger charge is 2.03. The molecule has 0 aliphatic rings. The Morgan fingerprint density at radius 3 is 2.39 bits per heavy atom. The number of carbonyl (C=O) groups excluding carboxylic acids is 1. The Labute approximate surface area is 155 Å². The van der Waals surface area contributed by atoms with Crippen LogP contribution in [0.25, 0.3) is 0 Å². The third-order valence-electron chi connectivity index (χ3n) is 2.80. The highest BCUT2D eigenvalue weighted by Crippen LogP contribution is 2.10. The number of carbonyl (C=O) groups is 1. The van der Waals surface area contributed by atoms with Gasteiger partial charge in [0.05, 0.1) is 7.11 Å². The van der Waals surface area contributed by atoms with Gasteiger partial charge in [0, 0.05) is 19.1 Å². The molecule has 1 aromatic carbocycles. The molecular formula is C16H27IN4O2. The number of benzene rings is 1. The molecule has 0 heterocycles. The summed E-state index contributed by atoms with van der Waals surface area (Å²) < 4.78 is 5.10. The molecule has 0 saturated heterocycles. The minimum Gasteiger partial charge on any atom is -0.497 e. The van der Waals surface area contributed by atoms with Gasteiger partial charge in [-0.1, -0.05) is 12.1 Å². The molecule has 130 valence electrons. The van der Waals surface area contributed by atoms with E-state index in [1.807, 2.05) is 45.0 Å². The zero-order valence-corrected chi connectivity index (χ0v) is 16.5. The lowest BCUT2D eigenvalue weighted by Crippen LogP contribution is -2.41. The van der Waals surface area contributed by atoms with E-state index >= 15 is 0 Å². The van der Waals surface area contributed by atoms with Crippen LogP contribution in [-0.4, -0.2) is 38.1 Å². The molecule has 0 aliphatic heterocycles. The van der Waals surface area contributed by atoms with Gasteiger partial charge in [-0.2, -0.15) is 0 Å². The maximum Gasteiger partial charge on any atom is 0.242 e. The predicted octanol–water partition coefficient (Wildman–Crippen LogP) is 1.89. The number of guanidine groups is 1. The fourth-order valence-electron chi connectivity index (χ4n) is 1.74. The van der Waals surface area contributed by atoms with E-state index in [1.165, 1.54) is 0 Å². The van der Waals surface area contributed by atoms with Crippen molar-refractivity contribution >= 4 is 35.8 Å². The van der Waals surface area contributed by atoms with Gasteiger partial charge in [0.1, 0.15) is 12.3 Å². The second-order valence-electron chi connectivity index (χ2n) is 5.12. The number of aliphatic imine (C=N–C) groups is 1. The van der Waals surface area contributed by atoms with E-state index < -0.39 is 0 Å². The summed E-state index contributed by atoms with van der Waals surface area (Å²) in [6.07, 6.45) is 0. The number of nitrogens with one attached hydrogen (secondary N) is 3. The van der Waals surface area contributed by atoms with Crippen LogP contribution >= 0.6 is 24.0 Å². The van der Waals surface area contributed by atoms with Crippen LogP contribution in [0.5, 0.6) is 5.75 Å². The molecule has 0 bridgehead atoms. The van der Waals surface area contributed by atoms with Crippen molar-refractivity contribution in [2.45, 2.75) is 33.4 Å². The lowest BCUT2D eigenvalue weighted by atomic mass is 10.2. The number of nitrogens with zero attached hydrogens (tertiary/aromatic N) is 1. The molecule has 23 heavy (non-hydrogen) atoms. The molecule has 6 nitrogen and oxygen atoms in total. The molecule has 1 amide bonds. The van der Waals surface area contributed by atoms with Crippen LogP contribution in [0.15, 0.2) is 29.3 Å². The molecule has 0 aliphatic carbocycles. The number of halogens is 1. The second kappa shape index (κ2) is 12.0. The fourth-order valence-corrected chi connectivity index (χ4v) is 1.74. The third kappa shape index (κ3) is 9.27. The van der Waals surface area contributed by atoms with Crippen LogP contribution in [0.4, 0.5) is 0 Å². The van der Waals surface area contributed by atoms with Gasteiger partial charge in [0.15, 0.2) is 5.96 Å². The van der Waals surface area contributed by atoms with Crippen LogP contribution in [0.2, 0.25) is 0 Å². The van der Waals surface area contributed by atoms with Gasteiger partial charge in [-0.15, -0.1) is 24.0 Å². The van der Waals surface area contributed by atoms with Crippen molar-refractivity contribution < 1.29 is 9.53 Å². The van der Waals surface area contributed by atoms with E-state index in [1.54, 1.807) is 7.11 Å². The van der Waals surface area contributed by atoms with E-state index in [-0.39, 0.29) is 42.5 Å². The Hall–Kier alpha value is -1.51. The van der Waals surface area contributed by atoms with Gasteiger partial charge in [-0.05, 0) is 38.5 Å².